The molecule has 1 aliphatic rings. The molecule has 3 rings (SSSR count). The van der Waals surface area contributed by atoms with Crippen molar-refractivity contribution in [3.63, 3.8) is 0 Å². The molecule has 1 saturated heterocycles. The van der Waals surface area contributed by atoms with Crippen LogP contribution >= 0.6 is 15.9 Å². The Kier molecular flexibility index (Phi) is 7.97. The molecule has 0 atom stereocenters. The van der Waals surface area contributed by atoms with Crippen molar-refractivity contribution in [3.05, 3.63) is 34.5 Å². The highest BCUT2D eigenvalue weighted by atomic mass is 79.9. The van der Waals surface area contributed by atoms with Gasteiger partial charge in [0.1, 0.15) is 11.3 Å². The van der Waals surface area contributed by atoms with E-state index in [1.807, 2.05) is 45.9 Å². The van der Waals surface area contributed by atoms with Gasteiger partial charge in [0.25, 0.3) is 0 Å². The molecule has 1 aromatic heterocycles. The van der Waals surface area contributed by atoms with E-state index in [9.17, 15) is 4.39 Å². The van der Waals surface area contributed by atoms with Gasteiger partial charge in [0.05, 0.1) is 13.2 Å². The molecule has 1 fully saturated rings. The van der Waals surface area contributed by atoms with Gasteiger partial charge in [-0.25, -0.2) is 0 Å². The Morgan fingerprint density at radius 2 is 1.86 bits per heavy atom. The minimum absolute atomic E-state index is 0.205. The fraction of sp³-hybridized carbons (Fsp3) is 0.529. The first-order chi connectivity index (χ1) is 10.2. The number of alkyl halides is 1. The molecule has 21 heavy (non-hydrogen) atoms. The van der Waals surface area contributed by atoms with Gasteiger partial charge in [-0.05, 0) is 24.3 Å². The summed E-state index contributed by atoms with van der Waals surface area (Å²) in [5, 5.41) is 1.11. The quantitative estimate of drug-likeness (QED) is 0.705. The number of rotatable bonds is 3. The van der Waals surface area contributed by atoms with Crippen LogP contribution in [0.25, 0.3) is 11.0 Å². The van der Waals surface area contributed by atoms with Gasteiger partial charge in [0.15, 0.2) is 0 Å². The summed E-state index contributed by atoms with van der Waals surface area (Å²) in [6, 6.07) is 8.04. The van der Waals surface area contributed by atoms with Gasteiger partial charge in [0, 0.05) is 28.9 Å². The fourth-order valence-corrected chi connectivity index (χ4v) is 2.65. The third-order valence-corrected chi connectivity index (χ3v) is 3.65. The van der Waals surface area contributed by atoms with Crippen LogP contribution in [0.15, 0.2) is 33.2 Å². The van der Waals surface area contributed by atoms with Crippen molar-refractivity contribution in [3.8, 4) is 0 Å². The summed E-state index contributed by atoms with van der Waals surface area (Å²) < 4.78 is 19.1. The van der Waals surface area contributed by atoms with Gasteiger partial charge in [0.2, 0.25) is 0 Å². The molecule has 0 radical (unpaired) electrons. The molecule has 0 amide bonds. The molecular weight excluding hydrogens is 333 g/mol. The minimum Gasteiger partial charge on any atom is -0.460 e. The summed E-state index contributed by atoms with van der Waals surface area (Å²) in [7, 11) is 0. The second-order valence-corrected chi connectivity index (χ2v) is 5.52. The van der Waals surface area contributed by atoms with Crippen molar-refractivity contribution in [2.75, 3.05) is 19.8 Å². The van der Waals surface area contributed by atoms with Crippen LogP contribution in [-0.4, -0.2) is 24.7 Å². The summed E-state index contributed by atoms with van der Waals surface area (Å²) in [5.41, 5.74) is 0.908. The van der Waals surface area contributed by atoms with Crippen LogP contribution in [0.4, 0.5) is 4.39 Å². The number of fused-ring (bicyclic) bond motifs is 1. The summed E-state index contributed by atoms with van der Waals surface area (Å²) in [4.78, 5) is 2.21. The molecule has 0 unspecified atom stereocenters. The van der Waals surface area contributed by atoms with E-state index < -0.39 is 0 Å². The number of likely N-dealkylation sites (tertiary alicyclic amines) is 1. The summed E-state index contributed by atoms with van der Waals surface area (Å²) in [6.07, 6.45) is 0. The van der Waals surface area contributed by atoms with Crippen LogP contribution in [0.1, 0.15) is 33.5 Å². The van der Waals surface area contributed by atoms with E-state index in [2.05, 4.69) is 26.9 Å². The lowest BCUT2D eigenvalue weighted by molar-refractivity contribution is 0.0677. The van der Waals surface area contributed by atoms with Crippen molar-refractivity contribution < 1.29 is 8.81 Å². The lowest BCUT2D eigenvalue weighted by atomic mass is 10.0. The maximum absolute atomic E-state index is 12.3. The third-order valence-electron chi connectivity index (χ3n) is 3.16. The highest BCUT2D eigenvalue weighted by Gasteiger charge is 2.27. The summed E-state index contributed by atoms with van der Waals surface area (Å²) >= 11 is 3.44. The molecule has 118 valence electrons. The van der Waals surface area contributed by atoms with Gasteiger partial charge in [-0.3, -0.25) is 9.29 Å². The average Bonchev–Trinajstić information content (AvgIpc) is 2.88. The number of halogens is 2. The first kappa shape index (κ1) is 18.2. The smallest absolute Gasteiger partial charge is 0.134 e. The SMILES string of the molecule is CC.CC.FCC1CN(Cc2cc3cc(Br)ccc3o2)C1. The Morgan fingerprint density at radius 3 is 2.48 bits per heavy atom. The van der Waals surface area contributed by atoms with E-state index in [-0.39, 0.29) is 12.6 Å². The molecule has 2 heterocycles. The Morgan fingerprint density at radius 1 is 1.19 bits per heavy atom. The Balaban J connectivity index is 0.000000510. The topological polar surface area (TPSA) is 16.4 Å². The average molecular weight is 358 g/mol. The minimum atomic E-state index is -0.205. The van der Waals surface area contributed by atoms with Gasteiger partial charge in [-0.2, -0.15) is 0 Å². The van der Waals surface area contributed by atoms with E-state index in [1.54, 1.807) is 0 Å². The van der Waals surface area contributed by atoms with E-state index in [0.717, 1.165) is 40.8 Å². The number of furan rings is 1. The Bertz CT molecular complexity index is 535. The van der Waals surface area contributed by atoms with E-state index >= 15 is 0 Å². The number of benzene rings is 1. The van der Waals surface area contributed by atoms with Gasteiger partial charge < -0.3 is 4.42 Å². The molecule has 0 aliphatic carbocycles. The first-order valence-electron chi connectivity index (χ1n) is 7.71. The second kappa shape index (κ2) is 9.21. The standard InChI is InChI=1S/C13H13BrFNO.2C2H6/c14-11-1-2-13-10(3-11)4-12(17-13)8-16-6-9(5-15)7-16;2*1-2/h1-4,9H,5-8H2;2*1-2H3. The number of hydrogen-bond donors (Lipinski definition) is 0. The zero-order chi connectivity index (χ0) is 15.8. The van der Waals surface area contributed by atoms with Crippen molar-refractivity contribution in [2.24, 2.45) is 5.92 Å². The van der Waals surface area contributed by atoms with E-state index in [4.69, 9.17) is 4.42 Å². The van der Waals surface area contributed by atoms with Crippen LogP contribution < -0.4 is 0 Å². The van der Waals surface area contributed by atoms with Gasteiger partial charge in [-0.1, -0.05) is 43.6 Å². The Labute approximate surface area is 135 Å². The van der Waals surface area contributed by atoms with Crippen molar-refractivity contribution >= 4 is 26.9 Å². The summed E-state index contributed by atoms with van der Waals surface area (Å²) in [6.45, 7) is 10.3. The maximum atomic E-state index is 12.3. The zero-order valence-corrected chi connectivity index (χ0v) is 14.9. The molecule has 1 aromatic carbocycles. The number of nitrogens with zero attached hydrogens (tertiary/aromatic N) is 1. The molecule has 0 spiro atoms. The maximum Gasteiger partial charge on any atom is 0.134 e. The molecule has 1 aliphatic heterocycles. The highest BCUT2D eigenvalue weighted by Crippen LogP contribution is 2.26. The highest BCUT2D eigenvalue weighted by molar-refractivity contribution is 9.10. The van der Waals surface area contributed by atoms with Crippen LogP contribution in [0.3, 0.4) is 0 Å². The zero-order valence-electron chi connectivity index (χ0n) is 13.3. The largest absolute Gasteiger partial charge is 0.460 e. The van der Waals surface area contributed by atoms with Crippen LogP contribution in [-0.2, 0) is 6.54 Å². The lowest BCUT2D eigenvalue weighted by Crippen LogP contribution is -2.46. The van der Waals surface area contributed by atoms with Crippen molar-refractivity contribution in [1.82, 2.24) is 4.90 Å². The summed E-state index contributed by atoms with van der Waals surface area (Å²) in [5.74, 6) is 1.18. The predicted molar refractivity (Wildman–Crippen MR) is 91.4 cm³/mol. The van der Waals surface area contributed by atoms with E-state index in [1.165, 1.54) is 0 Å². The van der Waals surface area contributed by atoms with Crippen molar-refractivity contribution in [2.45, 2.75) is 34.2 Å². The lowest BCUT2D eigenvalue weighted by Gasteiger charge is -2.36. The van der Waals surface area contributed by atoms with Crippen LogP contribution in [0, 0.1) is 5.92 Å². The van der Waals surface area contributed by atoms with E-state index in [0.29, 0.717) is 0 Å². The van der Waals surface area contributed by atoms with Gasteiger partial charge in [-0.15, -0.1) is 0 Å². The Hall–Kier alpha value is -0.870. The van der Waals surface area contributed by atoms with Crippen molar-refractivity contribution in [1.29, 1.82) is 0 Å². The second-order valence-electron chi connectivity index (χ2n) is 4.61. The van der Waals surface area contributed by atoms with Crippen LogP contribution in [0.5, 0.6) is 0 Å². The molecule has 2 nitrogen and oxygen atoms in total. The normalized spacial score (nSPS) is 14.8. The fourth-order valence-electron chi connectivity index (χ4n) is 2.27. The van der Waals surface area contributed by atoms with Gasteiger partial charge >= 0.3 is 0 Å². The molecule has 4 heteroatoms. The third kappa shape index (κ3) is 4.82. The molecular formula is C17H25BrFNO. The molecule has 0 bridgehead atoms. The molecule has 0 N–H and O–H groups in total. The monoisotopic (exact) mass is 357 g/mol. The number of hydrogen-bond acceptors (Lipinski definition) is 2. The predicted octanol–water partition coefficient (Wildman–Crippen LogP) is 5.65. The molecule has 0 saturated carbocycles. The molecule has 2 aromatic rings. The van der Waals surface area contributed by atoms with Crippen LogP contribution in [0.2, 0.25) is 0 Å². The first-order valence-corrected chi connectivity index (χ1v) is 8.50.